The summed E-state index contributed by atoms with van der Waals surface area (Å²) in [5, 5.41) is 0. The van der Waals surface area contributed by atoms with Crippen LogP contribution >= 0.6 is 0 Å². The first-order chi connectivity index (χ1) is 10.8. The molecule has 1 saturated heterocycles. The van der Waals surface area contributed by atoms with Crippen LogP contribution in [0.3, 0.4) is 0 Å². The fraction of sp³-hybridized carbons (Fsp3) is 0.684. The van der Waals surface area contributed by atoms with Gasteiger partial charge in [0, 0.05) is 19.1 Å². The molecule has 0 atom stereocenters. The maximum absolute atomic E-state index is 5.88. The van der Waals surface area contributed by atoms with Crippen LogP contribution in [0.25, 0.3) is 0 Å². The van der Waals surface area contributed by atoms with Gasteiger partial charge in [0.25, 0.3) is 0 Å². The highest BCUT2D eigenvalue weighted by atomic mass is 16.5. The van der Waals surface area contributed by atoms with Crippen LogP contribution < -0.4 is 4.74 Å². The second-order valence-electron chi connectivity index (χ2n) is 6.69. The molecular formula is C19H30N2O. The summed E-state index contributed by atoms with van der Waals surface area (Å²) >= 11 is 0. The topological polar surface area (TPSA) is 15.7 Å². The predicted octanol–water partition coefficient (Wildman–Crippen LogP) is 3.54. The van der Waals surface area contributed by atoms with Crippen molar-refractivity contribution in [2.24, 2.45) is 0 Å². The standard InChI is InChI=1S/C19H30N2O/c1-2-21(18-6-5-7-18)16-17-8-10-19(11-9-17)22-15-14-20-12-3-4-13-20/h8-11,18H,2-7,12-16H2,1H3. The molecule has 1 aromatic carbocycles. The van der Waals surface area contributed by atoms with E-state index in [4.69, 9.17) is 4.74 Å². The minimum Gasteiger partial charge on any atom is -0.492 e. The molecule has 3 heteroatoms. The number of hydrogen-bond donors (Lipinski definition) is 0. The summed E-state index contributed by atoms with van der Waals surface area (Å²) in [6, 6.07) is 9.54. The van der Waals surface area contributed by atoms with Crippen LogP contribution in [0.1, 0.15) is 44.6 Å². The van der Waals surface area contributed by atoms with Crippen LogP contribution in [0.4, 0.5) is 0 Å². The van der Waals surface area contributed by atoms with Gasteiger partial charge in [-0.1, -0.05) is 25.5 Å². The summed E-state index contributed by atoms with van der Waals surface area (Å²) in [6.07, 6.45) is 6.87. The molecular weight excluding hydrogens is 272 g/mol. The number of ether oxygens (including phenoxy) is 1. The lowest BCUT2D eigenvalue weighted by Gasteiger charge is -2.37. The molecule has 0 aromatic heterocycles. The number of hydrogen-bond acceptors (Lipinski definition) is 3. The van der Waals surface area contributed by atoms with E-state index in [0.717, 1.165) is 38.0 Å². The zero-order chi connectivity index (χ0) is 15.2. The third-order valence-corrected chi connectivity index (χ3v) is 5.18. The van der Waals surface area contributed by atoms with E-state index in [1.54, 1.807) is 0 Å². The lowest BCUT2D eigenvalue weighted by Crippen LogP contribution is -2.39. The zero-order valence-electron chi connectivity index (χ0n) is 14.0. The van der Waals surface area contributed by atoms with E-state index in [-0.39, 0.29) is 0 Å². The van der Waals surface area contributed by atoms with Crippen molar-refractivity contribution in [3.05, 3.63) is 29.8 Å². The predicted molar refractivity (Wildman–Crippen MR) is 91.3 cm³/mol. The SMILES string of the molecule is CCN(Cc1ccc(OCCN2CCCC2)cc1)C1CCC1. The van der Waals surface area contributed by atoms with Gasteiger partial charge in [0.15, 0.2) is 0 Å². The first-order valence-electron chi connectivity index (χ1n) is 9.03. The summed E-state index contributed by atoms with van der Waals surface area (Å²) in [5.74, 6) is 1.01. The smallest absolute Gasteiger partial charge is 0.119 e. The Kier molecular flexibility index (Phi) is 5.74. The van der Waals surface area contributed by atoms with Crippen molar-refractivity contribution in [1.29, 1.82) is 0 Å². The molecule has 0 radical (unpaired) electrons. The molecule has 1 saturated carbocycles. The lowest BCUT2D eigenvalue weighted by atomic mass is 9.91. The number of likely N-dealkylation sites (tertiary alicyclic amines) is 1. The van der Waals surface area contributed by atoms with Crippen LogP contribution in [0.2, 0.25) is 0 Å². The van der Waals surface area contributed by atoms with E-state index in [0.29, 0.717) is 0 Å². The van der Waals surface area contributed by atoms with Crippen molar-refractivity contribution >= 4 is 0 Å². The van der Waals surface area contributed by atoms with Gasteiger partial charge in [-0.05, 0) is 63.0 Å². The van der Waals surface area contributed by atoms with Gasteiger partial charge in [0.2, 0.25) is 0 Å². The van der Waals surface area contributed by atoms with E-state index < -0.39 is 0 Å². The van der Waals surface area contributed by atoms with Gasteiger partial charge in [-0.2, -0.15) is 0 Å². The molecule has 0 amide bonds. The largest absolute Gasteiger partial charge is 0.492 e. The molecule has 0 N–H and O–H groups in total. The second-order valence-corrected chi connectivity index (χ2v) is 6.69. The van der Waals surface area contributed by atoms with Gasteiger partial charge >= 0.3 is 0 Å². The van der Waals surface area contributed by atoms with Crippen molar-refractivity contribution in [3.8, 4) is 5.75 Å². The van der Waals surface area contributed by atoms with Gasteiger partial charge in [0.1, 0.15) is 12.4 Å². The minimum atomic E-state index is 0.808. The van der Waals surface area contributed by atoms with Gasteiger partial charge in [-0.25, -0.2) is 0 Å². The summed E-state index contributed by atoms with van der Waals surface area (Å²) in [7, 11) is 0. The Morgan fingerprint density at radius 1 is 1.09 bits per heavy atom. The van der Waals surface area contributed by atoms with Crippen molar-refractivity contribution in [2.75, 3.05) is 32.8 Å². The molecule has 22 heavy (non-hydrogen) atoms. The molecule has 3 nitrogen and oxygen atoms in total. The van der Waals surface area contributed by atoms with Crippen molar-refractivity contribution in [1.82, 2.24) is 9.80 Å². The van der Waals surface area contributed by atoms with Crippen LogP contribution in [0.15, 0.2) is 24.3 Å². The maximum atomic E-state index is 5.88. The minimum absolute atomic E-state index is 0.808. The lowest BCUT2D eigenvalue weighted by molar-refractivity contribution is 0.126. The van der Waals surface area contributed by atoms with E-state index in [1.807, 2.05) is 0 Å². The first kappa shape index (κ1) is 15.8. The summed E-state index contributed by atoms with van der Waals surface area (Å²) in [5.41, 5.74) is 1.40. The van der Waals surface area contributed by atoms with Crippen LogP contribution in [-0.4, -0.2) is 48.6 Å². The first-order valence-corrected chi connectivity index (χ1v) is 9.03. The Morgan fingerprint density at radius 2 is 1.82 bits per heavy atom. The normalized spacial score (nSPS) is 19.5. The second kappa shape index (κ2) is 7.98. The average molecular weight is 302 g/mol. The highest BCUT2D eigenvalue weighted by molar-refractivity contribution is 5.27. The number of rotatable bonds is 8. The van der Waals surface area contributed by atoms with Gasteiger partial charge in [-0.15, -0.1) is 0 Å². The van der Waals surface area contributed by atoms with E-state index in [9.17, 15) is 0 Å². The Labute approximate surface area is 135 Å². The quantitative estimate of drug-likeness (QED) is 0.730. The molecule has 1 heterocycles. The van der Waals surface area contributed by atoms with Gasteiger partial charge in [0.05, 0.1) is 0 Å². The summed E-state index contributed by atoms with van der Waals surface area (Å²) in [4.78, 5) is 5.10. The third-order valence-electron chi connectivity index (χ3n) is 5.18. The Hall–Kier alpha value is -1.06. The molecule has 0 bridgehead atoms. The fourth-order valence-electron chi connectivity index (χ4n) is 3.48. The maximum Gasteiger partial charge on any atom is 0.119 e. The van der Waals surface area contributed by atoms with E-state index in [2.05, 4.69) is 41.0 Å². The van der Waals surface area contributed by atoms with E-state index in [1.165, 1.54) is 50.8 Å². The fourth-order valence-corrected chi connectivity index (χ4v) is 3.48. The average Bonchev–Trinajstić information content (AvgIpc) is 3.00. The molecule has 0 spiro atoms. The van der Waals surface area contributed by atoms with Crippen LogP contribution in [-0.2, 0) is 6.54 Å². The van der Waals surface area contributed by atoms with Gasteiger partial charge in [-0.3, -0.25) is 9.80 Å². The highest BCUT2D eigenvalue weighted by Crippen LogP contribution is 2.26. The molecule has 3 rings (SSSR count). The molecule has 1 aliphatic carbocycles. The Bertz CT molecular complexity index is 435. The Morgan fingerprint density at radius 3 is 2.41 bits per heavy atom. The van der Waals surface area contributed by atoms with E-state index >= 15 is 0 Å². The third kappa shape index (κ3) is 4.23. The number of benzene rings is 1. The number of nitrogens with zero attached hydrogens (tertiary/aromatic N) is 2. The molecule has 1 aliphatic heterocycles. The molecule has 1 aromatic rings. The van der Waals surface area contributed by atoms with Crippen LogP contribution in [0, 0.1) is 0 Å². The molecule has 2 fully saturated rings. The monoisotopic (exact) mass is 302 g/mol. The van der Waals surface area contributed by atoms with Crippen molar-refractivity contribution in [2.45, 2.75) is 51.6 Å². The molecule has 2 aliphatic rings. The summed E-state index contributed by atoms with van der Waals surface area (Å²) < 4.78 is 5.88. The Balaban J connectivity index is 1.42. The molecule has 0 unspecified atom stereocenters. The van der Waals surface area contributed by atoms with Gasteiger partial charge < -0.3 is 4.74 Å². The molecule has 122 valence electrons. The van der Waals surface area contributed by atoms with Crippen molar-refractivity contribution < 1.29 is 4.74 Å². The van der Waals surface area contributed by atoms with Crippen LogP contribution in [0.5, 0.6) is 5.75 Å². The van der Waals surface area contributed by atoms with Crippen molar-refractivity contribution in [3.63, 3.8) is 0 Å². The highest BCUT2D eigenvalue weighted by Gasteiger charge is 2.23. The summed E-state index contributed by atoms with van der Waals surface area (Å²) in [6.45, 7) is 8.87. The zero-order valence-corrected chi connectivity index (χ0v) is 14.0.